The molecule has 0 spiro atoms. The van der Waals surface area contributed by atoms with E-state index in [1.54, 1.807) is 11.3 Å². The summed E-state index contributed by atoms with van der Waals surface area (Å²) in [5, 5.41) is 23.2. The molecule has 15 rings (SSSR count). The third kappa shape index (κ3) is 6.05. The maximum absolute atomic E-state index is 14.4. The van der Waals surface area contributed by atoms with Gasteiger partial charge in [-0.05, 0) is 148 Å². The molecule has 350 valence electrons. The van der Waals surface area contributed by atoms with Crippen LogP contribution in [0, 0.1) is 22.7 Å². The van der Waals surface area contributed by atoms with Crippen molar-refractivity contribution in [2.45, 2.75) is 19.3 Å². The first-order valence-corrected chi connectivity index (χ1v) is 26.0. The van der Waals surface area contributed by atoms with Gasteiger partial charge in [0, 0.05) is 77.8 Å². The topological polar surface area (TPSA) is 77.6 Å². The average Bonchev–Trinajstić information content (AvgIpc) is 3.54. The Kier molecular flexibility index (Phi) is 9.12. The van der Waals surface area contributed by atoms with Crippen LogP contribution in [-0.4, -0.2) is 6.71 Å². The summed E-state index contributed by atoms with van der Waals surface area (Å²) in [6, 6.07) is 78.8. The summed E-state index contributed by atoms with van der Waals surface area (Å²) in [6.07, 6.45) is 0. The lowest BCUT2D eigenvalue weighted by Crippen LogP contribution is -2.65. The number of para-hydroxylation sites is 4. The number of rotatable bonds is 5. The number of benzene rings is 10. The monoisotopic (exact) mass is 976 g/mol. The molecule has 0 N–H and O–H groups in total. The van der Waals surface area contributed by atoms with Crippen molar-refractivity contribution >= 4 is 123 Å². The zero-order chi connectivity index (χ0) is 50.3. The second-order valence-electron chi connectivity index (χ2n) is 20.2. The van der Waals surface area contributed by atoms with Gasteiger partial charge in [0.05, 0.1) is 39.3 Å². The number of fused-ring (bicyclic) bond motifs is 5. The first-order valence-electron chi connectivity index (χ1n) is 25.2. The molecule has 10 aromatic carbocycles. The van der Waals surface area contributed by atoms with Gasteiger partial charge in [-0.1, -0.05) is 117 Å². The van der Waals surface area contributed by atoms with Gasteiger partial charge >= 0.3 is 0 Å². The van der Waals surface area contributed by atoms with E-state index in [0.717, 1.165) is 116 Å². The van der Waals surface area contributed by atoms with Gasteiger partial charge in [0.1, 0.15) is 0 Å². The van der Waals surface area contributed by atoms with Gasteiger partial charge in [-0.3, -0.25) is 4.79 Å². The van der Waals surface area contributed by atoms with E-state index in [4.69, 9.17) is 0 Å². The van der Waals surface area contributed by atoms with Crippen LogP contribution < -0.4 is 41.4 Å². The van der Waals surface area contributed by atoms with Gasteiger partial charge in [-0.15, -0.1) is 11.3 Å². The van der Waals surface area contributed by atoms with Crippen molar-refractivity contribution in [3.63, 3.8) is 0 Å². The maximum atomic E-state index is 14.4. The first kappa shape index (κ1) is 43.0. The summed E-state index contributed by atoms with van der Waals surface area (Å²) in [4.78, 5) is 23.7. The van der Waals surface area contributed by atoms with Gasteiger partial charge in [0.15, 0.2) is 5.43 Å². The third-order valence-electron chi connectivity index (χ3n) is 15.9. The fraction of sp³-hybridized carbons (Fsp3) is 0.0455. The Bertz CT molecular complexity index is 4290. The van der Waals surface area contributed by atoms with Crippen molar-refractivity contribution in [2.24, 2.45) is 0 Å². The quantitative estimate of drug-likeness (QED) is 0.126. The van der Waals surface area contributed by atoms with Crippen molar-refractivity contribution in [1.29, 1.82) is 10.5 Å². The molecule has 1 aromatic heterocycles. The fourth-order valence-electron chi connectivity index (χ4n) is 12.7. The van der Waals surface area contributed by atoms with Gasteiger partial charge in [0.25, 0.3) is 6.71 Å². The number of hydrogen-bond donors (Lipinski definition) is 0. The molecule has 0 saturated carbocycles. The number of hydrogen-bond acceptors (Lipinski definition) is 8. The van der Waals surface area contributed by atoms with E-state index in [1.807, 2.05) is 66.7 Å². The molecular formula is C66H41BN6OS. The Hall–Kier alpha value is -9.67. The average molecular weight is 977 g/mol. The number of nitriles is 2. The van der Waals surface area contributed by atoms with E-state index in [9.17, 15) is 15.3 Å². The predicted molar refractivity (Wildman–Crippen MR) is 310 cm³/mol. The molecule has 75 heavy (non-hydrogen) atoms. The smallest absolute Gasteiger partial charge is 0.257 e. The van der Waals surface area contributed by atoms with Crippen LogP contribution in [0.15, 0.2) is 217 Å². The Morgan fingerprint density at radius 2 is 0.907 bits per heavy atom. The van der Waals surface area contributed by atoms with Crippen molar-refractivity contribution in [3.05, 3.63) is 245 Å². The lowest BCUT2D eigenvalue weighted by Gasteiger charge is -2.49. The largest absolute Gasteiger partial charge is 0.311 e. The fourth-order valence-corrected chi connectivity index (χ4v) is 13.9. The molecule has 4 aliphatic heterocycles. The van der Waals surface area contributed by atoms with E-state index in [1.165, 1.54) is 5.56 Å². The molecule has 0 saturated heterocycles. The molecule has 4 aliphatic rings. The van der Waals surface area contributed by atoms with Crippen LogP contribution >= 0.6 is 11.3 Å². The number of nitrogens with zero attached hydrogens (tertiary/aromatic N) is 6. The van der Waals surface area contributed by atoms with Crippen LogP contribution in [0.25, 0.3) is 31.3 Å². The Balaban J connectivity index is 1.03. The molecule has 0 aliphatic carbocycles. The highest BCUT2D eigenvalue weighted by Gasteiger charge is 2.50. The minimum atomic E-state index is -0.362. The molecule has 0 fully saturated rings. The maximum Gasteiger partial charge on any atom is 0.257 e. The Morgan fingerprint density at radius 3 is 1.45 bits per heavy atom. The molecule has 9 heteroatoms. The minimum Gasteiger partial charge on any atom is -0.311 e. The summed E-state index contributed by atoms with van der Waals surface area (Å²) >= 11 is 1.68. The standard InChI is InChI=1S/C66H41BN6OS/c1-66(2)50-26-13-14-27-52(50)73(63-51(66)30-29-49-64(74)48-25-12-15-28-59(48)75-65(49)63)47-24-16-17-42(35-47)43-36-57-62-58(37-43)72(46-22-10-5-11-23-46)56-34-41(39-69)32-54-61(56)67(62)60-53(70(54)44-18-6-3-7-19-44)31-40(38-68)33-55(60)71(57)45-20-8-4-9-21-45/h3-37H,1-2H3. The number of anilines is 12. The SMILES string of the molecule is CC1(C)c2ccccc2N(c2cccc(-c3cc4c5c(c3)N(c3ccccc3)c3cc(C#N)cc6c3B5c3c(cc(C#N)cc3N4c3ccccc3)N6c3ccccc3)c2)c2c1ccc1c(=O)c3ccccc3sc21. The van der Waals surface area contributed by atoms with Crippen LogP contribution in [0.1, 0.15) is 36.1 Å². The zero-order valence-corrected chi connectivity index (χ0v) is 41.6. The third-order valence-corrected chi connectivity index (χ3v) is 17.1. The van der Waals surface area contributed by atoms with E-state index >= 15 is 0 Å². The van der Waals surface area contributed by atoms with Crippen LogP contribution in [-0.2, 0) is 5.41 Å². The molecule has 7 nitrogen and oxygen atoms in total. The lowest BCUT2D eigenvalue weighted by atomic mass is 9.31. The molecule has 0 radical (unpaired) electrons. The van der Waals surface area contributed by atoms with Gasteiger partial charge in [-0.25, -0.2) is 0 Å². The Labute approximate surface area is 438 Å². The summed E-state index contributed by atoms with van der Waals surface area (Å²) in [7, 11) is 0. The zero-order valence-electron chi connectivity index (χ0n) is 40.8. The molecule has 0 bridgehead atoms. The normalized spacial score (nSPS) is 14.0. The highest BCUT2D eigenvalue weighted by molar-refractivity contribution is 7.25. The van der Waals surface area contributed by atoms with Crippen LogP contribution in [0.5, 0.6) is 0 Å². The van der Waals surface area contributed by atoms with Crippen molar-refractivity contribution in [1.82, 2.24) is 0 Å². The highest BCUT2D eigenvalue weighted by Crippen LogP contribution is 2.56. The van der Waals surface area contributed by atoms with Crippen LogP contribution in [0.4, 0.5) is 68.2 Å². The second-order valence-corrected chi connectivity index (χ2v) is 21.3. The van der Waals surface area contributed by atoms with E-state index < -0.39 is 0 Å². The van der Waals surface area contributed by atoms with E-state index in [-0.39, 0.29) is 17.6 Å². The predicted octanol–water partition coefficient (Wildman–Crippen LogP) is 14.8. The summed E-state index contributed by atoms with van der Waals surface area (Å²) in [5.41, 5.74) is 20.1. The van der Waals surface area contributed by atoms with Crippen LogP contribution in [0.3, 0.4) is 0 Å². The summed E-state index contributed by atoms with van der Waals surface area (Å²) in [6.45, 7) is 4.33. The highest BCUT2D eigenvalue weighted by atomic mass is 32.1. The second kappa shape index (κ2) is 15.9. The summed E-state index contributed by atoms with van der Waals surface area (Å²) < 4.78 is 1.92. The van der Waals surface area contributed by atoms with E-state index in [2.05, 4.69) is 191 Å². The van der Waals surface area contributed by atoms with Crippen molar-refractivity contribution in [3.8, 4) is 23.3 Å². The molecule has 5 heterocycles. The molecule has 11 aromatic rings. The lowest BCUT2D eigenvalue weighted by molar-refractivity contribution is 0.633. The van der Waals surface area contributed by atoms with Crippen molar-refractivity contribution < 1.29 is 0 Å². The molecular weight excluding hydrogens is 936 g/mol. The minimum absolute atomic E-state index is 0.0402. The molecule has 0 atom stereocenters. The first-order chi connectivity index (χ1) is 36.8. The Morgan fingerprint density at radius 1 is 0.427 bits per heavy atom. The van der Waals surface area contributed by atoms with Crippen molar-refractivity contribution in [2.75, 3.05) is 19.6 Å². The van der Waals surface area contributed by atoms with E-state index in [0.29, 0.717) is 16.5 Å². The van der Waals surface area contributed by atoms with Gasteiger partial charge < -0.3 is 19.6 Å². The van der Waals surface area contributed by atoms with Crippen LogP contribution in [0.2, 0.25) is 0 Å². The van der Waals surface area contributed by atoms with Gasteiger partial charge in [0.2, 0.25) is 0 Å². The van der Waals surface area contributed by atoms with Gasteiger partial charge in [-0.2, -0.15) is 10.5 Å². The molecule has 0 unspecified atom stereocenters. The molecule has 0 amide bonds. The summed E-state index contributed by atoms with van der Waals surface area (Å²) in [5.74, 6) is 0.